The Morgan fingerprint density at radius 3 is 2.33 bits per heavy atom. The van der Waals surface area contributed by atoms with E-state index in [2.05, 4.69) is 25.4 Å². The predicted octanol–water partition coefficient (Wildman–Crippen LogP) is 4.94. The van der Waals surface area contributed by atoms with E-state index in [-0.39, 0.29) is 5.56 Å². The van der Waals surface area contributed by atoms with Gasteiger partial charge in [-0.2, -0.15) is 13.2 Å². The third-order valence-electron chi connectivity index (χ3n) is 4.35. The van der Waals surface area contributed by atoms with E-state index in [4.69, 9.17) is 11.6 Å². The zero-order chi connectivity index (χ0) is 22.3. The Kier molecular flexibility index (Phi) is 8.25. The molecule has 2 aromatic carbocycles. The zero-order valence-electron chi connectivity index (χ0n) is 16.9. The summed E-state index contributed by atoms with van der Waals surface area (Å²) >= 11 is 1.65. The summed E-state index contributed by atoms with van der Waals surface area (Å²) < 4.78 is 37.3. The van der Waals surface area contributed by atoms with Crippen molar-refractivity contribution in [2.24, 2.45) is 5.84 Å². The molecule has 0 aromatic heterocycles. The number of hydrazine groups is 1. The predicted molar refractivity (Wildman–Crippen MR) is 119 cm³/mol. The maximum atomic E-state index is 12.4. The highest BCUT2D eigenvalue weighted by Gasteiger charge is 2.27. The van der Waals surface area contributed by atoms with Crippen molar-refractivity contribution in [2.45, 2.75) is 31.0 Å². The molecule has 5 N–H and O–H groups in total. The fourth-order valence-corrected chi connectivity index (χ4v) is 3.57. The Hall–Kier alpha value is -2.58. The van der Waals surface area contributed by atoms with Crippen LogP contribution in [0.5, 0.6) is 0 Å². The number of nitrogens with zero attached hydrogens (tertiary/aromatic N) is 1. The number of rotatable bonds is 10. The molecule has 0 aliphatic heterocycles. The van der Waals surface area contributed by atoms with Crippen molar-refractivity contribution in [3.05, 3.63) is 78.0 Å². The molecule has 0 saturated carbocycles. The number of nitrogen functional groups attached to an aromatic ring is 1. The van der Waals surface area contributed by atoms with Crippen LogP contribution in [0, 0.1) is 0 Å². The van der Waals surface area contributed by atoms with E-state index < -0.39 is 12.6 Å². The highest BCUT2D eigenvalue weighted by molar-refractivity contribution is 7.99. The van der Waals surface area contributed by atoms with E-state index in [9.17, 15) is 13.2 Å². The number of para-hydroxylation sites is 1. The van der Waals surface area contributed by atoms with Gasteiger partial charge in [0, 0.05) is 22.7 Å². The number of anilines is 1. The summed E-state index contributed by atoms with van der Waals surface area (Å²) in [6, 6.07) is 12.0. The average Bonchev–Trinajstić information content (AvgIpc) is 2.67. The minimum atomic E-state index is -4.21. The van der Waals surface area contributed by atoms with Gasteiger partial charge in [-0.25, -0.2) is 5.84 Å². The standard InChI is InChI=1S/C22H27F3N4S/c1-4-30-20-7-5-6-19(21(20)26)16(3)29(27)14-15(2)28-13-18-10-8-17(9-11-18)12-22(23,24)25/h5-11,28H,2-4,12-14,26-27H2,1H3. The molecule has 2 rings (SSSR count). The first kappa shape index (κ1) is 23.7. The van der Waals surface area contributed by atoms with Gasteiger partial charge in [-0.1, -0.05) is 56.5 Å². The van der Waals surface area contributed by atoms with E-state index in [1.165, 1.54) is 17.1 Å². The number of nitrogens with two attached hydrogens (primary N) is 2. The first-order valence-corrected chi connectivity index (χ1v) is 10.4. The highest BCUT2D eigenvalue weighted by atomic mass is 32.2. The molecule has 0 bridgehead atoms. The Labute approximate surface area is 179 Å². The second kappa shape index (κ2) is 10.4. The molecule has 0 heterocycles. The zero-order valence-corrected chi connectivity index (χ0v) is 17.7. The lowest BCUT2D eigenvalue weighted by Gasteiger charge is -2.24. The van der Waals surface area contributed by atoms with Gasteiger partial charge >= 0.3 is 6.18 Å². The molecule has 0 radical (unpaired) electrons. The molecule has 0 unspecified atom stereocenters. The van der Waals surface area contributed by atoms with Crippen molar-refractivity contribution >= 4 is 23.1 Å². The van der Waals surface area contributed by atoms with Gasteiger partial charge in [0.15, 0.2) is 0 Å². The second-order valence-corrected chi connectivity index (χ2v) is 8.10. The fourth-order valence-electron chi connectivity index (χ4n) is 2.82. The summed E-state index contributed by atoms with van der Waals surface area (Å²) in [5.41, 5.74) is 9.96. The Balaban J connectivity index is 1.90. The number of alkyl halides is 3. The molecule has 4 nitrogen and oxygen atoms in total. The first-order valence-electron chi connectivity index (χ1n) is 9.39. The van der Waals surface area contributed by atoms with Gasteiger partial charge in [-0.15, -0.1) is 11.8 Å². The molecule has 0 spiro atoms. The van der Waals surface area contributed by atoms with E-state index in [0.717, 1.165) is 21.8 Å². The van der Waals surface area contributed by atoms with Gasteiger partial charge in [0.05, 0.1) is 24.4 Å². The normalized spacial score (nSPS) is 11.2. The number of hydrogen-bond donors (Lipinski definition) is 3. The van der Waals surface area contributed by atoms with Crippen LogP contribution in [0.4, 0.5) is 18.9 Å². The van der Waals surface area contributed by atoms with Crippen molar-refractivity contribution in [3.8, 4) is 0 Å². The van der Waals surface area contributed by atoms with Crippen molar-refractivity contribution in [3.63, 3.8) is 0 Å². The maximum absolute atomic E-state index is 12.4. The van der Waals surface area contributed by atoms with Gasteiger partial charge in [-0.3, -0.25) is 0 Å². The van der Waals surface area contributed by atoms with Crippen LogP contribution in [-0.4, -0.2) is 23.5 Å². The second-order valence-electron chi connectivity index (χ2n) is 6.79. The molecular weight excluding hydrogens is 409 g/mol. The molecule has 0 saturated heterocycles. The summed E-state index contributed by atoms with van der Waals surface area (Å²) in [6.45, 7) is 10.8. The topological polar surface area (TPSA) is 67.3 Å². The largest absolute Gasteiger partial charge is 0.397 e. The summed E-state index contributed by atoms with van der Waals surface area (Å²) in [6.07, 6.45) is -5.14. The van der Waals surface area contributed by atoms with Crippen LogP contribution in [0.15, 0.2) is 66.2 Å². The lowest BCUT2D eigenvalue weighted by Crippen LogP contribution is -2.34. The van der Waals surface area contributed by atoms with Crippen LogP contribution in [0.1, 0.15) is 23.6 Å². The number of benzene rings is 2. The molecule has 0 aliphatic carbocycles. The van der Waals surface area contributed by atoms with Crippen molar-refractivity contribution in [1.82, 2.24) is 10.3 Å². The fraction of sp³-hybridized carbons (Fsp3) is 0.273. The molecule has 2 aromatic rings. The molecule has 8 heteroatoms. The molecule has 0 atom stereocenters. The van der Waals surface area contributed by atoms with E-state index in [1.807, 2.05) is 18.2 Å². The summed E-state index contributed by atoms with van der Waals surface area (Å²) in [5.74, 6) is 7.06. The maximum Gasteiger partial charge on any atom is 0.393 e. The Morgan fingerprint density at radius 2 is 1.73 bits per heavy atom. The van der Waals surface area contributed by atoms with Crippen LogP contribution in [0.3, 0.4) is 0 Å². The van der Waals surface area contributed by atoms with Crippen molar-refractivity contribution in [2.75, 3.05) is 18.0 Å². The molecular formula is C22H27F3N4S. The number of hydrogen-bond acceptors (Lipinski definition) is 5. The molecule has 162 valence electrons. The van der Waals surface area contributed by atoms with Gasteiger partial charge in [-0.05, 0) is 22.9 Å². The summed E-state index contributed by atoms with van der Waals surface area (Å²) in [5, 5.41) is 4.60. The lowest BCUT2D eigenvalue weighted by molar-refractivity contribution is -0.127. The lowest BCUT2D eigenvalue weighted by atomic mass is 10.1. The van der Waals surface area contributed by atoms with Crippen LogP contribution in [0.2, 0.25) is 0 Å². The molecule has 0 aliphatic rings. The Bertz CT molecular complexity index is 879. The van der Waals surface area contributed by atoms with Crippen LogP contribution < -0.4 is 16.9 Å². The smallest absolute Gasteiger partial charge is 0.393 e. The number of nitrogens with one attached hydrogen (secondary N) is 1. The van der Waals surface area contributed by atoms with Crippen molar-refractivity contribution < 1.29 is 13.2 Å². The van der Waals surface area contributed by atoms with Crippen LogP contribution in [0.25, 0.3) is 5.70 Å². The number of halogens is 3. The minimum absolute atomic E-state index is 0.232. The highest BCUT2D eigenvalue weighted by Crippen LogP contribution is 2.31. The third kappa shape index (κ3) is 7.03. The van der Waals surface area contributed by atoms with Gasteiger partial charge < -0.3 is 16.1 Å². The minimum Gasteiger partial charge on any atom is -0.397 e. The van der Waals surface area contributed by atoms with Gasteiger partial charge in [0.2, 0.25) is 0 Å². The van der Waals surface area contributed by atoms with Gasteiger partial charge in [0.25, 0.3) is 0 Å². The SMILES string of the molecule is C=C(CN(N)C(=C)c1cccc(SCC)c1N)NCc1ccc(CC(F)(F)F)cc1. The Morgan fingerprint density at radius 1 is 1.10 bits per heavy atom. The van der Waals surface area contributed by atoms with Crippen LogP contribution in [-0.2, 0) is 13.0 Å². The van der Waals surface area contributed by atoms with Crippen molar-refractivity contribution in [1.29, 1.82) is 0 Å². The van der Waals surface area contributed by atoms with Gasteiger partial charge in [0.1, 0.15) is 0 Å². The van der Waals surface area contributed by atoms with E-state index >= 15 is 0 Å². The monoisotopic (exact) mass is 436 g/mol. The number of thioether (sulfide) groups is 1. The first-order chi connectivity index (χ1) is 14.1. The molecule has 0 amide bonds. The average molecular weight is 437 g/mol. The van der Waals surface area contributed by atoms with E-state index in [1.54, 1.807) is 23.9 Å². The summed E-state index contributed by atoms with van der Waals surface area (Å²) in [7, 11) is 0. The quantitative estimate of drug-likeness (QED) is 0.213. The third-order valence-corrected chi connectivity index (χ3v) is 5.31. The molecule has 0 fully saturated rings. The molecule has 30 heavy (non-hydrogen) atoms. The van der Waals surface area contributed by atoms with Crippen LogP contribution >= 0.6 is 11.8 Å². The summed E-state index contributed by atoms with van der Waals surface area (Å²) in [4.78, 5) is 0.982. The van der Waals surface area contributed by atoms with E-state index in [0.29, 0.717) is 30.2 Å².